The number of hydrogen-bond donors (Lipinski definition) is 0. The van der Waals surface area contributed by atoms with Crippen molar-refractivity contribution in [2.45, 2.75) is 20.3 Å². The van der Waals surface area contributed by atoms with E-state index in [1.54, 1.807) is 12.1 Å². The fourth-order valence-electron chi connectivity index (χ4n) is 2.62. The maximum absolute atomic E-state index is 8.84. The molecule has 1 atom stereocenters. The van der Waals surface area contributed by atoms with Gasteiger partial charge in [0, 0.05) is 11.1 Å². The molecule has 0 unspecified atom stereocenters. The van der Waals surface area contributed by atoms with Crippen LogP contribution in [-0.2, 0) is 0 Å². The predicted molar refractivity (Wildman–Crippen MR) is 114 cm³/mol. The summed E-state index contributed by atoms with van der Waals surface area (Å²) < 4.78 is 5.82. The number of nitrogens with zero attached hydrogens (tertiary/aromatic N) is 1. The molecule has 0 spiro atoms. The van der Waals surface area contributed by atoms with Crippen molar-refractivity contribution in [3.63, 3.8) is 0 Å². The van der Waals surface area contributed by atoms with Gasteiger partial charge in [-0.25, -0.2) is 0 Å². The van der Waals surface area contributed by atoms with E-state index in [9.17, 15) is 0 Å². The number of rotatable bonds is 5. The highest BCUT2D eigenvalue weighted by atomic mass is 16.5. The molecule has 0 fully saturated rings. The van der Waals surface area contributed by atoms with E-state index in [4.69, 9.17) is 10.00 Å². The van der Waals surface area contributed by atoms with Gasteiger partial charge >= 0.3 is 0 Å². The Morgan fingerprint density at radius 2 is 1.21 bits per heavy atom. The van der Waals surface area contributed by atoms with Gasteiger partial charge in [0.05, 0.1) is 18.2 Å². The summed E-state index contributed by atoms with van der Waals surface area (Å²) in [6, 6.07) is 25.8. The molecule has 0 saturated carbocycles. The van der Waals surface area contributed by atoms with Crippen molar-refractivity contribution >= 4 is 0 Å². The number of hydrogen-bond acceptors (Lipinski definition) is 2. The normalized spacial score (nSPS) is 11.0. The number of ether oxygens (including phenoxy) is 1. The van der Waals surface area contributed by atoms with Gasteiger partial charge in [-0.05, 0) is 65.6 Å². The molecule has 0 radical (unpaired) electrons. The second-order valence-corrected chi connectivity index (χ2v) is 6.87. The monoisotopic (exact) mass is 365 g/mol. The van der Waals surface area contributed by atoms with E-state index in [1.165, 1.54) is 0 Å². The molecule has 3 aromatic rings. The van der Waals surface area contributed by atoms with Crippen LogP contribution in [0.1, 0.15) is 37.0 Å². The van der Waals surface area contributed by atoms with E-state index < -0.39 is 0 Å². The van der Waals surface area contributed by atoms with E-state index in [-0.39, 0.29) is 0 Å². The molecule has 0 bridgehead atoms. The molecule has 0 aromatic heterocycles. The first-order valence-electron chi connectivity index (χ1n) is 9.53. The lowest BCUT2D eigenvalue weighted by molar-refractivity contribution is 0.256. The van der Waals surface area contributed by atoms with Crippen molar-refractivity contribution in [3.05, 3.63) is 89.5 Å². The van der Waals surface area contributed by atoms with E-state index in [1.807, 2.05) is 36.4 Å². The van der Waals surface area contributed by atoms with Gasteiger partial charge in [0.2, 0.25) is 0 Å². The van der Waals surface area contributed by atoms with Crippen LogP contribution in [0, 0.1) is 29.1 Å². The molecule has 2 heteroatoms. The van der Waals surface area contributed by atoms with Crippen molar-refractivity contribution in [1.29, 1.82) is 5.26 Å². The molecule has 0 amide bonds. The van der Waals surface area contributed by atoms with E-state index in [2.05, 4.69) is 56.0 Å². The molecule has 3 aromatic carbocycles. The molecule has 2 nitrogen and oxygen atoms in total. The van der Waals surface area contributed by atoms with E-state index in [0.717, 1.165) is 41.0 Å². The van der Waals surface area contributed by atoms with Crippen LogP contribution in [0.25, 0.3) is 11.1 Å². The Labute approximate surface area is 167 Å². The van der Waals surface area contributed by atoms with Crippen molar-refractivity contribution in [2.24, 2.45) is 5.92 Å². The minimum atomic E-state index is 0.567. The second-order valence-electron chi connectivity index (χ2n) is 6.87. The summed E-state index contributed by atoms with van der Waals surface area (Å²) in [7, 11) is 0. The minimum Gasteiger partial charge on any atom is -0.493 e. The van der Waals surface area contributed by atoms with Crippen LogP contribution in [0.4, 0.5) is 0 Å². The zero-order valence-corrected chi connectivity index (χ0v) is 16.3. The topological polar surface area (TPSA) is 33.0 Å². The SMILES string of the molecule is CC[C@H](C)COc1ccc(-c2ccc(C#Cc3ccc(C#N)cc3)cc2)cc1. The Morgan fingerprint density at radius 1 is 0.750 bits per heavy atom. The van der Waals surface area contributed by atoms with Gasteiger partial charge < -0.3 is 4.74 Å². The largest absolute Gasteiger partial charge is 0.493 e. The Morgan fingerprint density at radius 3 is 1.71 bits per heavy atom. The molecule has 28 heavy (non-hydrogen) atoms. The smallest absolute Gasteiger partial charge is 0.119 e. The minimum absolute atomic E-state index is 0.567. The maximum atomic E-state index is 8.84. The van der Waals surface area contributed by atoms with Gasteiger partial charge in [-0.1, -0.05) is 56.4 Å². The third-order valence-electron chi connectivity index (χ3n) is 4.67. The zero-order chi connectivity index (χ0) is 19.8. The lowest BCUT2D eigenvalue weighted by Gasteiger charge is -2.11. The van der Waals surface area contributed by atoms with Gasteiger partial charge in [-0.2, -0.15) is 5.26 Å². The summed E-state index contributed by atoms with van der Waals surface area (Å²) in [6.45, 7) is 5.12. The Bertz CT molecular complexity index is 998. The molecule has 0 N–H and O–H groups in total. The van der Waals surface area contributed by atoms with Crippen molar-refractivity contribution in [2.75, 3.05) is 6.61 Å². The van der Waals surface area contributed by atoms with Crippen LogP contribution in [-0.4, -0.2) is 6.61 Å². The van der Waals surface area contributed by atoms with Crippen LogP contribution >= 0.6 is 0 Å². The summed E-state index contributed by atoms with van der Waals surface area (Å²) >= 11 is 0. The molecule has 0 aliphatic rings. The average molecular weight is 365 g/mol. The van der Waals surface area contributed by atoms with Crippen LogP contribution in [0.5, 0.6) is 5.75 Å². The molecule has 3 rings (SSSR count). The van der Waals surface area contributed by atoms with Crippen LogP contribution < -0.4 is 4.74 Å². The third kappa shape index (κ3) is 5.26. The summed E-state index contributed by atoms with van der Waals surface area (Å²) in [5, 5.41) is 8.84. The number of benzene rings is 3. The highest BCUT2D eigenvalue weighted by molar-refractivity contribution is 5.65. The molecule has 0 aliphatic heterocycles. The van der Waals surface area contributed by atoms with Crippen LogP contribution in [0.15, 0.2) is 72.8 Å². The summed E-state index contributed by atoms with van der Waals surface area (Å²) in [5.74, 6) is 7.78. The first-order chi connectivity index (χ1) is 13.7. The fraction of sp³-hybridized carbons (Fsp3) is 0.192. The average Bonchev–Trinajstić information content (AvgIpc) is 2.77. The molecule has 138 valence electrons. The fourth-order valence-corrected chi connectivity index (χ4v) is 2.62. The lowest BCUT2D eigenvalue weighted by atomic mass is 10.0. The molecule has 0 saturated heterocycles. The molecular weight excluding hydrogens is 342 g/mol. The van der Waals surface area contributed by atoms with E-state index >= 15 is 0 Å². The van der Waals surface area contributed by atoms with Crippen LogP contribution in [0.3, 0.4) is 0 Å². The zero-order valence-electron chi connectivity index (χ0n) is 16.3. The van der Waals surface area contributed by atoms with E-state index in [0.29, 0.717) is 11.5 Å². The first-order valence-corrected chi connectivity index (χ1v) is 9.53. The van der Waals surface area contributed by atoms with Gasteiger partial charge in [-0.15, -0.1) is 0 Å². The molecule has 0 heterocycles. The van der Waals surface area contributed by atoms with Gasteiger partial charge in [0.15, 0.2) is 0 Å². The Balaban J connectivity index is 1.65. The van der Waals surface area contributed by atoms with Crippen molar-refractivity contribution in [3.8, 4) is 34.8 Å². The third-order valence-corrected chi connectivity index (χ3v) is 4.67. The quantitative estimate of drug-likeness (QED) is 0.516. The summed E-state index contributed by atoms with van der Waals surface area (Å²) in [6.07, 6.45) is 1.12. The Hall–Kier alpha value is -3.49. The highest BCUT2D eigenvalue weighted by Crippen LogP contribution is 2.23. The molecular formula is C26H23NO. The Kier molecular flexibility index (Phi) is 6.50. The van der Waals surface area contributed by atoms with Crippen LogP contribution in [0.2, 0.25) is 0 Å². The first kappa shape index (κ1) is 19.3. The van der Waals surface area contributed by atoms with Crippen molar-refractivity contribution < 1.29 is 4.74 Å². The highest BCUT2D eigenvalue weighted by Gasteiger charge is 2.02. The second kappa shape index (κ2) is 9.45. The van der Waals surface area contributed by atoms with Gasteiger partial charge in [0.25, 0.3) is 0 Å². The molecule has 0 aliphatic carbocycles. The predicted octanol–water partition coefficient (Wildman–Crippen LogP) is 6.05. The van der Waals surface area contributed by atoms with Gasteiger partial charge in [-0.3, -0.25) is 0 Å². The van der Waals surface area contributed by atoms with Gasteiger partial charge in [0.1, 0.15) is 5.75 Å². The van der Waals surface area contributed by atoms with Crippen molar-refractivity contribution in [1.82, 2.24) is 0 Å². The lowest BCUT2D eigenvalue weighted by Crippen LogP contribution is -2.06. The maximum Gasteiger partial charge on any atom is 0.119 e. The standard InChI is InChI=1S/C26H23NO/c1-3-20(2)19-28-26-16-14-25(15-17-26)24-12-10-22(11-13-24)5-4-21-6-8-23(18-27)9-7-21/h6-17,20H,3,19H2,1-2H3/t20-/m0/s1. The number of nitriles is 1. The summed E-state index contributed by atoms with van der Waals surface area (Å²) in [5.41, 5.74) is 4.81. The summed E-state index contributed by atoms with van der Waals surface area (Å²) in [4.78, 5) is 0.